The SMILES string of the molecule is COc1cc(/C=N\NC(=O)CN(c2ccccc2Cl)S(=O)(=O)c2ccccc2)cc(Br)c1O. The van der Waals surface area contributed by atoms with Crippen molar-refractivity contribution in [3.8, 4) is 11.5 Å². The number of halogens is 2. The number of phenolic OH excluding ortho intramolecular Hbond substituents is 1. The van der Waals surface area contributed by atoms with Crippen LogP contribution < -0.4 is 14.5 Å². The number of carbonyl (C=O) groups is 1. The Labute approximate surface area is 204 Å². The number of amides is 1. The van der Waals surface area contributed by atoms with E-state index in [-0.39, 0.29) is 27.1 Å². The normalized spacial score (nSPS) is 11.4. The van der Waals surface area contributed by atoms with Gasteiger partial charge in [-0.15, -0.1) is 0 Å². The molecule has 0 aliphatic carbocycles. The Balaban J connectivity index is 1.84. The molecule has 0 unspecified atom stereocenters. The topological polar surface area (TPSA) is 108 Å². The fourth-order valence-electron chi connectivity index (χ4n) is 2.84. The summed E-state index contributed by atoms with van der Waals surface area (Å²) in [6, 6.07) is 17.2. The van der Waals surface area contributed by atoms with Crippen LogP contribution in [0, 0.1) is 0 Å². The van der Waals surface area contributed by atoms with Gasteiger partial charge in [0.05, 0.1) is 33.4 Å². The first kappa shape index (κ1) is 24.6. The highest BCUT2D eigenvalue weighted by atomic mass is 79.9. The fraction of sp³-hybridized carbons (Fsp3) is 0.0909. The Morgan fingerprint density at radius 2 is 1.85 bits per heavy atom. The number of rotatable bonds is 8. The predicted octanol–water partition coefficient (Wildman–Crippen LogP) is 4.16. The second-order valence-electron chi connectivity index (χ2n) is 6.62. The van der Waals surface area contributed by atoms with E-state index < -0.39 is 22.5 Å². The summed E-state index contributed by atoms with van der Waals surface area (Å²) in [4.78, 5) is 12.6. The molecular weight excluding hydrogens is 534 g/mol. The number of benzene rings is 3. The first-order valence-corrected chi connectivity index (χ1v) is 12.1. The molecule has 2 N–H and O–H groups in total. The number of methoxy groups -OCH3 is 1. The fourth-order valence-corrected chi connectivity index (χ4v) is 5.05. The number of ether oxygens (including phenoxy) is 1. The van der Waals surface area contributed by atoms with Gasteiger partial charge >= 0.3 is 0 Å². The number of para-hydroxylation sites is 1. The van der Waals surface area contributed by atoms with Crippen LogP contribution >= 0.6 is 27.5 Å². The molecule has 3 rings (SSSR count). The maximum Gasteiger partial charge on any atom is 0.264 e. The largest absolute Gasteiger partial charge is 0.503 e. The highest BCUT2D eigenvalue weighted by Gasteiger charge is 2.28. The number of phenols is 1. The minimum Gasteiger partial charge on any atom is -0.503 e. The first-order valence-electron chi connectivity index (χ1n) is 9.44. The number of carbonyl (C=O) groups excluding carboxylic acids is 1. The van der Waals surface area contributed by atoms with Crippen molar-refractivity contribution in [1.29, 1.82) is 0 Å². The minimum absolute atomic E-state index is 0.0160. The molecule has 11 heteroatoms. The molecule has 1 amide bonds. The maximum absolute atomic E-state index is 13.3. The second kappa shape index (κ2) is 10.7. The van der Waals surface area contributed by atoms with E-state index in [4.69, 9.17) is 16.3 Å². The van der Waals surface area contributed by atoms with Gasteiger partial charge in [-0.25, -0.2) is 13.8 Å². The lowest BCUT2D eigenvalue weighted by Gasteiger charge is -2.24. The van der Waals surface area contributed by atoms with Gasteiger partial charge in [-0.1, -0.05) is 41.9 Å². The molecule has 3 aromatic rings. The van der Waals surface area contributed by atoms with E-state index in [2.05, 4.69) is 26.5 Å². The molecule has 0 spiro atoms. The van der Waals surface area contributed by atoms with Crippen LogP contribution in [0.15, 0.2) is 81.2 Å². The molecule has 0 aliphatic heterocycles. The van der Waals surface area contributed by atoms with Gasteiger partial charge in [0.25, 0.3) is 15.9 Å². The van der Waals surface area contributed by atoms with Crippen LogP contribution in [0.5, 0.6) is 11.5 Å². The number of hydrogen-bond acceptors (Lipinski definition) is 6. The number of sulfonamides is 1. The Hall–Kier alpha value is -3.08. The van der Waals surface area contributed by atoms with Crippen molar-refractivity contribution in [3.63, 3.8) is 0 Å². The third-order valence-electron chi connectivity index (χ3n) is 4.41. The Morgan fingerprint density at radius 1 is 1.18 bits per heavy atom. The Kier molecular flexibility index (Phi) is 7.96. The van der Waals surface area contributed by atoms with Gasteiger partial charge in [-0.3, -0.25) is 9.10 Å². The molecule has 8 nitrogen and oxygen atoms in total. The predicted molar refractivity (Wildman–Crippen MR) is 131 cm³/mol. The van der Waals surface area contributed by atoms with Crippen LogP contribution in [0.2, 0.25) is 5.02 Å². The number of nitrogens with one attached hydrogen (secondary N) is 1. The van der Waals surface area contributed by atoms with Crippen molar-refractivity contribution in [2.75, 3.05) is 18.0 Å². The lowest BCUT2D eigenvalue weighted by molar-refractivity contribution is -0.119. The summed E-state index contributed by atoms with van der Waals surface area (Å²) >= 11 is 9.44. The number of nitrogens with zero attached hydrogens (tertiary/aromatic N) is 2. The number of hydrogen-bond donors (Lipinski definition) is 2. The van der Waals surface area contributed by atoms with Crippen molar-refractivity contribution in [2.24, 2.45) is 5.10 Å². The smallest absolute Gasteiger partial charge is 0.264 e. The van der Waals surface area contributed by atoms with Gasteiger partial charge < -0.3 is 9.84 Å². The highest BCUT2D eigenvalue weighted by Crippen LogP contribution is 2.34. The maximum atomic E-state index is 13.3. The molecule has 172 valence electrons. The minimum atomic E-state index is -4.08. The van der Waals surface area contributed by atoms with Crippen molar-refractivity contribution >= 4 is 55.4 Å². The van der Waals surface area contributed by atoms with E-state index in [1.54, 1.807) is 36.4 Å². The molecule has 0 heterocycles. The Bertz CT molecular complexity index is 1290. The monoisotopic (exact) mass is 551 g/mol. The average Bonchev–Trinajstić information content (AvgIpc) is 2.80. The third kappa shape index (κ3) is 5.84. The summed E-state index contributed by atoms with van der Waals surface area (Å²) < 4.78 is 32.9. The van der Waals surface area contributed by atoms with E-state index in [9.17, 15) is 18.3 Å². The quantitative estimate of drug-likeness (QED) is 0.322. The van der Waals surface area contributed by atoms with Crippen molar-refractivity contribution in [3.05, 3.63) is 81.8 Å². The van der Waals surface area contributed by atoms with Gasteiger partial charge in [-0.05, 0) is 57.9 Å². The number of aromatic hydroxyl groups is 1. The lowest BCUT2D eigenvalue weighted by atomic mass is 10.2. The van der Waals surface area contributed by atoms with Gasteiger partial charge in [0, 0.05) is 0 Å². The number of anilines is 1. The summed E-state index contributed by atoms with van der Waals surface area (Å²) in [7, 11) is -2.68. The van der Waals surface area contributed by atoms with Gasteiger partial charge in [0.15, 0.2) is 11.5 Å². The van der Waals surface area contributed by atoms with Gasteiger partial charge in [0.1, 0.15) is 6.54 Å². The highest BCUT2D eigenvalue weighted by molar-refractivity contribution is 9.10. The van der Waals surface area contributed by atoms with Crippen molar-refractivity contribution < 1.29 is 23.1 Å². The lowest BCUT2D eigenvalue weighted by Crippen LogP contribution is -2.39. The van der Waals surface area contributed by atoms with E-state index in [1.165, 1.54) is 43.7 Å². The summed E-state index contributed by atoms with van der Waals surface area (Å²) in [5, 5.41) is 13.9. The molecule has 0 aliphatic rings. The van der Waals surface area contributed by atoms with Crippen LogP contribution in [-0.4, -0.2) is 39.3 Å². The molecule has 0 saturated heterocycles. The molecule has 0 radical (unpaired) electrons. The van der Waals surface area contributed by atoms with Crippen molar-refractivity contribution in [2.45, 2.75) is 4.90 Å². The number of hydrazone groups is 1. The molecule has 3 aromatic carbocycles. The molecule has 0 fully saturated rings. The Morgan fingerprint density at radius 3 is 2.52 bits per heavy atom. The zero-order valence-electron chi connectivity index (χ0n) is 17.3. The summed E-state index contributed by atoms with van der Waals surface area (Å²) in [5.41, 5.74) is 2.99. The van der Waals surface area contributed by atoms with Crippen LogP contribution in [-0.2, 0) is 14.8 Å². The molecule has 33 heavy (non-hydrogen) atoms. The zero-order valence-corrected chi connectivity index (χ0v) is 20.4. The van der Waals surface area contributed by atoms with E-state index in [0.717, 1.165) is 4.31 Å². The molecular formula is C22H19BrClN3O5S. The molecule has 0 aromatic heterocycles. The third-order valence-corrected chi connectivity index (χ3v) is 7.11. The van der Waals surface area contributed by atoms with Crippen LogP contribution in [0.4, 0.5) is 5.69 Å². The zero-order chi connectivity index (χ0) is 24.0. The van der Waals surface area contributed by atoms with Gasteiger partial charge in [0.2, 0.25) is 0 Å². The molecule has 0 saturated carbocycles. The molecule has 0 bridgehead atoms. The average molecular weight is 553 g/mol. The first-order chi connectivity index (χ1) is 15.7. The van der Waals surface area contributed by atoms with Crippen LogP contribution in [0.25, 0.3) is 0 Å². The standard InChI is InChI=1S/C22H19BrClN3O5S/c1-32-20-12-15(11-17(23)22(20)29)13-25-26-21(28)14-27(19-10-6-5-9-18(19)24)33(30,31)16-7-3-2-4-8-16/h2-13,29H,14H2,1H3,(H,26,28)/b25-13-. The summed E-state index contributed by atoms with van der Waals surface area (Å²) in [5.74, 6) is -0.535. The molecule has 0 atom stereocenters. The van der Waals surface area contributed by atoms with Gasteiger partial charge in [-0.2, -0.15) is 5.10 Å². The second-order valence-corrected chi connectivity index (χ2v) is 9.75. The van der Waals surface area contributed by atoms with E-state index in [0.29, 0.717) is 10.0 Å². The van der Waals surface area contributed by atoms with Crippen LogP contribution in [0.1, 0.15) is 5.56 Å². The van der Waals surface area contributed by atoms with E-state index in [1.807, 2.05) is 0 Å². The van der Waals surface area contributed by atoms with E-state index >= 15 is 0 Å². The van der Waals surface area contributed by atoms with Crippen molar-refractivity contribution in [1.82, 2.24) is 5.43 Å². The summed E-state index contributed by atoms with van der Waals surface area (Å²) in [6.07, 6.45) is 1.33. The summed E-state index contributed by atoms with van der Waals surface area (Å²) in [6.45, 7) is -0.555. The van der Waals surface area contributed by atoms with Crippen LogP contribution in [0.3, 0.4) is 0 Å².